The molecule has 0 heterocycles. The van der Waals surface area contributed by atoms with Gasteiger partial charge in [-0.25, -0.2) is 0 Å². The van der Waals surface area contributed by atoms with Crippen LogP contribution >= 0.6 is 0 Å². The highest BCUT2D eigenvalue weighted by Crippen LogP contribution is 2.15. The second-order valence-corrected chi connectivity index (χ2v) is 59.3. The monoisotopic (exact) mass is 566 g/mol. The van der Waals surface area contributed by atoms with Gasteiger partial charge in [-0.05, 0) is 6.55 Å². The van der Waals surface area contributed by atoms with Crippen molar-refractivity contribution in [1.29, 1.82) is 0 Å². The van der Waals surface area contributed by atoms with Crippen molar-refractivity contribution in [3.05, 3.63) is 0 Å². The highest BCUT2D eigenvalue weighted by atomic mass is 30.2. The Morgan fingerprint density at radius 1 is 0.885 bits per heavy atom. The lowest BCUT2D eigenvalue weighted by Gasteiger charge is -2.40. The fourth-order valence-electron chi connectivity index (χ4n) is 1.52. The van der Waals surface area contributed by atoms with Gasteiger partial charge in [-0.2, -0.15) is 0 Å². The third-order valence-electron chi connectivity index (χ3n) is 2.90. The highest BCUT2D eigenvalue weighted by molar-refractivity contribution is 7.92. The first-order valence-corrected chi connectivity index (χ1v) is 35.2. The molecule has 2 atom stereocenters. The fraction of sp³-hybridized carbons (Fsp3) is 1.00. The van der Waals surface area contributed by atoms with E-state index in [-0.39, 0.29) is 8.80 Å². The van der Waals surface area contributed by atoms with E-state index in [1.807, 2.05) is 0 Å². The lowest BCUT2D eigenvalue weighted by molar-refractivity contribution is 0.419. The summed E-state index contributed by atoms with van der Waals surface area (Å²) in [5, 5.41) is 0. The Labute approximate surface area is 173 Å². The summed E-state index contributed by atoms with van der Waals surface area (Å²) in [5.74, 6) is 0. The molecule has 0 saturated carbocycles. The molecular weight excluding hydrogens is 533 g/mol. The molecule has 0 rings (SSSR count). The average molecular weight is 567 g/mol. The van der Waals surface area contributed by atoms with Crippen LogP contribution in [0.15, 0.2) is 0 Å². The third kappa shape index (κ3) is 13.0. The van der Waals surface area contributed by atoms with Crippen LogP contribution in [-0.2, 0) is 12.7 Å². The van der Waals surface area contributed by atoms with Gasteiger partial charge in [0.2, 0.25) is 13.7 Å². The fourth-order valence-corrected chi connectivity index (χ4v) is 79.0. The van der Waals surface area contributed by atoms with Gasteiger partial charge < -0.3 is 51.1 Å². The van der Waals surface area contributed by atoms with Gasteiger partial charge >= 0.3 is 18.5 Å². The summed E-state index contributed by atoms with van der Waals surface area (Å²) in [6.45, 7) is 2.11. The van der Waals surface area contributed by atoms with E-state index in [2.05, 4.69) is 23.8 Å². The largest absolute Gasteiger partial charge is 0.565 e. The van der Waals surface area contributed by atoms with Gasteiger partial charge in [0.15, 0.2) is 36.4 Å². The number of rotatable bonds is 10. The van der Waals surface area contributed by atoms with Gasteiger partial charge in [0, 0.05) is 8.80 Å². The zero-order valence-corrected chi connectivity index (χ0v) is 29.5. The van der Waals surface area contributed by atoms with Gasteiger partial charge in [-0.1, -0.05) is 19.6 Å². The Morgan fingerprint density at radius 2 is 1.31 bits per heavy atom. The molecule has 0 aliphatic rings. The molecule has 0 aromatic heterocycles. The Kier molecular flexibility index (Phi) is 23.2. The van der Waals surface area contributed by atoms with E-state index in [0.717, 1.165) is 0 Å². The van der Waals surface area contributed by atoms with Crippen LogP contribution in [0.25, 0.3) is 0 Å². The van der Waals surface area contributed by atoms with Crippen LogP contribution in [-0.4, -0.2) is 135 Å². The molecule has 0 aliphatic heterocycles. The normalized spacial score (nSPS) is 19.0. The van der Waals surface area contributed by atoms with Crippen LogP contribution in [0, 0.1) is 0 Å². The van der Waals surface area contributed by atoms with Crippen LogP contribution in [0.3, 0.4) is 0 Å². The van der Waals surface area contributed by atoms with Crippen molar-refractivity contribution in [2.75, 3.05) is 0 Å². The lowest BCUT2D eigenvalue weighted by atomic mass is 11.8. The van der Waals surface area contributed by atoms with E-state index in [4.69, 9.17) is 18.5 Å². The first kappa shape index (κ1) is 32.3. The summed E-state index contributed by atoms with van der Waals surface area (Å²) in [6.07, 6.45) is 0. The molecule has 22 heteroatoms. The second-order valence-electron chi connectivity index (χ2n) is 5.88. The van der Waals surface area contributed by atoms with Gasteiger partial charge in [0.1, 0.15) is 0 Å². The molecule has 0 radical (unpaired) electrons. The summed E-state index contributed by atoms with van der Waals surface area (Å²) in [7, 11) is -15.0. The van der Waals surface area contributed by atoms with E-state index in [9.17, 15) is 28.4 Å². The van der Waals surface area contributed by atoms with Crippen LogP contribution in [0.5, 0.6) is 0 Å². The van der Waals surface area contributed by atoms with E-state index < -0.39 is 87.9 Å². The van der Waals surface area contributed by atoms with Gasteiger partial charge in [0.25, 0.3) is 19.3 Å². The van der Waals surface area contributed by atoms with Crippen LogP contribution < -0.4 is 0 Å². The van der Waals surface area contributed by atoms with Crippen molar-refractivity contribution in [2.45, 2.75) is 26.2 Å². The molecule has 2 unspecified atom stereocenters. The topological polar surface area (TPSA) is 197 Å². The van der Waals surface area contributed by atoms with Crippen molar-refractivity contribution < 1.29 is 51.1 Å². The molecule has 0 fully saturated rings. The smallest absolute Gasteiger partial charge is 0.482 e. The summed E-state index contributed by atoms with van der Waals surface area (Å²) in [5.41, 5.74) is 0. The predicted octanol–water partition coefficient (Wildman–Crippen LogP) is -10.3. The Balaban J connectivity index is -0.000000397. The molecule has 26 heavy (non-hydrogen) atoms. The molecule has 0 aliphatic carbocycles. The van der Waals surface area contributed by atoms with E-state index in [0.29, 0.717) is 0 Å². The van der Waals surface area contributed by atoms with Gasteiger partial charge in [-0.3, -0.25) is 0 Å². The highest BCUT2D eigenvalue weighted by Gasteiger charge is 2.61. The molecule has 8 N–H and O–H groups in total. The summed E-state index contributed by atoms with van der Waals surface area (Å²) < 4.78 is 19.5. The SMILES string of the molecule is C[SiH](C)C.C[SiH](O)[Si](O[SiH2]O)([SiH2]O)[Si](O)([SiH2]O)[SiH2]O.O=[Si](O[SiH2]O)[SiH2]O. The van der Waals surface area contributed by atoms with Crippen molar-refractivity contribution in [3.8, 4) is 0 Å². The van der Waals surface area contributed by atoms with Crippen molar-refractivity contribution in [3.63, 3.8) is 0 Å². The van der Waals surface area contributed by atoms with Gasteiger partial charge in [-0.15, -0.1) is 0 Å². The van der Waals surface area contributed by atoms with E-state index >= 15 is 0 Å². The van der Waals surface area contributed by atoms with E-state index in [1.165, 1.54) is 6.55 Å². The molecule has 0 aromatic rings. The predicted molar refractivity (Wildman–Crippen MR) is 127 cm³/mol. The summed E-state index contributed by atoms with van der Waals surface area (Å²) >= 11 is 0. The maximum Gasteiger partial charge on any atom is 0.482 e. The second kappa shape index (κ2) is 18.6. The quantitative estimate of drug-likeness (QED) is 0.117. The van der Waals surface area contributed by atoms with Crippen LogP contribution in [0.1, 0.15) is 0 Å². The standard InChI is InChI=1S/C3H10Si.CH18O7Si7.H6O4Si3/c1-4(2)3;1-13(6)15(12-5,8-9-2)14(7,10-3)11-4;1-5-4-7(3)6-2/h4H,1-3H3;2-7,13H,9-12H2,1H3;1-2H,5-6H2. The van der Waals surface area contributed by atoms with E-state index in [1.54, 1.807) is 0 Å². The zero-order valence-electron chi connectivity index (χ0n) is 15.7. The Bertz CT molecular complexity index is 341. The van der Waals surface area contributed by atoms with Crippen molar-refractivity contribution >= 4 is 96.7 Å². The Morgan fingerprint density at radius 3 is 1.46 bits per heavy atom. The van der Waals surface area contributed by atoms with Crippen molar-refractivity contribution in [1.82, 2.24) is 0 Å². The molecule has 0 bridgehead atoms. The maximum absolute atomic E-state index is 10.2. The minimum atomic E-state index is -3.26. The minimum absolute atomic E-state index is 0.139. The summed E-state index contributed by atoms with van der Waals surface area (Å²) in [4.78, 5) is 72.9. The lowest BCUT2D eigenvalue weighted by Crippen LogP contribution is -2.82. The van der Waals surface area contributed by atoms with Gasteiger partial charge in [0.05, 0.1) is 0 Å². The molecule has 0 amide bonds. The molecule has 0 spiro atoms. The number of hydrogen-bond acceptors (Lipinski definition) is 11. The molecule has 11 nitrogen and oxygen atoms in total. The zero-order chi connectivity index (χ0) is 21.4. The first-order valence-electron chi connectivity index (χ1n) is 7.83. The Hall–Kier alpha value is 1.63. The van der Waals surface area contributed by atoms with Crippen LogP contribution in [0.2, 0.25) is 26.2 Å². The summed E-state index contributed by atoms with van der Waals surface area (Å²) in [6, 6.07) is 0. The van der Waals surface area contributed by atoms with Crippen LogP contribution in [0.4, 0.5) is 0 Å². The first-order chi connectivity index (χ1) is 12.0. The minimum Gasteiger partial charge on any atom is -0.565 e. The number of hydrogen-bond donors (Lipinski definition) is 8. The molecule has 0 aromatic carbocycles. The molecular formula is C4H34O11Si11. The third-order valence-corrected chi connectivity index (χ3v) is 89.4. The van der Waals surface area contributed by atoms with Crippen molar-refractivity contribution in [2.24, 2.45) is 0 Å². The molecule has 160 valence electrons. The maximum atomic E-state index is 10.2. The molecule has 0 saturated heterocycles. The average Bonchev–Trinajstić information content (AvgIpc) is 2.58.